The van der Waals surface area contributed by atoms with Crippen LogP contribution in [0, 0.1) is 20.8 Å². The average Bonchev–Trinajstić information content (AvgIpc) is 2.78. The van der Waals surface area contributed by atoms with E-state index in [1.165, 1.54) is 0 Å². The SMILES string of the molecule is Cc1ccc(-c2nc3ccc(C)cc3c(C(=O)OCC(=O)c3ccccc3)c2C)cc1. The Bertz CT molecular complexity index is 1280. The zero-order chi connectivity index (χ0) is 22.0. The maximum Gasteiger partial charge on any atom is 0.339 e. The fraction of sp³-hybridized carbons (Fsp3) is 0.148. The Labute approximate surface area is 181 Å². The van der Waals surface area contributed by atoms with E-state index in [0.29, 0.717) is 16.6 Å². The van der Waals surface area contributed by atoms with Gasteiger partial charge in [-0.05, 0) is 38.5 Å². The zero-order valence-corrected chi connectivity index (χ0v) is 17.8. The minimum Gasteiger partial charge on any atom is -0.454 e. The van der Waals surface area contributed by atoms with E-state index in [0.717, 1.165) is 33.3 Å². The lowest BCUT2D eigenvalue weighted by atomic mass is 9.96. The van der Waals surface area contributed by atoms with Gasteiger partial charge in [-0.25, -0.2) is 9.78 Å². The second-order valence-electron chi connectivity index (χ2n) is 7.71. The van der Waals surface area contributed by atoms with Gasteiger partial charge < -0.3 is 4.74 Å². The Morgan fingerprint density at radius 2 is 1.52 bits per heavy atom. The molecule has 0 aliphatic carbocycles. The number of carbonyl (C=O) groups excluding carboxylic acids is 2. The standard InChI is InChI=1S/C27H23NO3/c1-17-9-12-21(13-10-17)26-19(3)25(22-15-18(2)11-14-23(22)28-26)27(30)31-16-24(29)20-7-5-4-6-8-20/h4-15H,16H2,1-3H3. The van der Waals surface area contributed by atoms with Crippen LogP contribution in [0.3, 0.4) is 0 Å². The summed E-state index contributed by atoms with van der Waals surface area (Å²) in [4.78, 5) is 30.4. The lowest BCUT2D eigenvalue weighted by molar-refractivity contribution is 0.0476. The smallest absolute Gasteiger partial charge is 0.339 e. The third kappa shape index (κ3) is 4.24. The predicted molar refractivity (Wildman–Crippen MR) is 122 cm³/mol. The van der Waals surface area contributed by atoms with Crippen LogP contribution in [0.4, 0.5) is 0 Å². The number of fused-ring (bicyclic) bond motifs is 1. The molecule has 0 N–H and O–H groups in total. The molecule has 0 bridgehead atoms. The summed E-state index contributed by atoms with van der Waals surface area (Å²) in [7, 11) is 0. The highest BCUT2D eigenvalue weighted by Gasteiger charge is 2.21. The van der Waals surface area contributed by atoms with Gasteiger partial charge in [0.05, 0.1) is 16.8 Å². The number of pyridine rings is 1. The molecule has 31 heavy (non-hydrogen) atoms. The first-order valence-corrected chi connectivity index (χ1v) is 10.2. The van der Waals surface area contributed by atoms with Crippen molar-refractivity contribution in [1.29, 1.82) is 0 Å². The number of esters is 1. The van der Waals surface area contributed by atoms with Crippen molar-refractivity contribution in [3.63, 3.8) is 0 Å². The monoisotopic (exact) mass is 409 g/mol. The lowest BCUT2D eigenvalue weighted by Crippen LogP contribution is -2.16. The molecule has 4 aromatic rings. The summed E-state index contributed by atoms with van der Waals surface area (Å²) in [5.74, 6) is -0.756. The van der Waals surface area contributed by atoms with E-state index in [1.54, 1.807) is 24.3 Å². The topological polar surface area (TPSA) is 56.3 Å². The molecule has 4 nitrogen and oxygen atoms in total. The molecule has 0 radical (unpaired) electrons. The number of rotatable bonds is 5. The van der Waals surface area contributed by atoms with Crippen molar-refractivity contribution in [3.05, 3.63) is 101 Å². The van der Waals surface area contributed by atoms with Gasteiger partial charge in [0, 0.05) is 16.5 Å². The molecule has 0 aliphatic heterocycles. The number of nitrogens with zero attached hydrogens (tertiary/aromatic N) is 1. The fourth-order valence-electron chi connectivity index (χ4n) is 3.64. The minimum atomic E-state index is -0.520. The van der Waals surface area contributed by atoms with Crippen LogP contribution < -0.4 is 0 Å². The Morgan fingerprint density at radius 1 is 0.839 bits per heavy atom. The van der Waals surface area contributed by atoms with Crippen molar-refractivity contribution in [2.75, 3.05) is 6.61 Å². The minimum absolute atomic E-state index is 0.236. The number of aromatic nitrogens is 1. The van der Waals surface area contributed by atoms with Crippen LogP contribution in [0.15, 0.2) is 72.8 Å². The summed E-state index contributed by atoms with van der Waals surface area (Å²) in [5, 5.41) is 0.727. The Kier molecular flexibility index (Phi) is 5.63. The second-order valence-corrected chi connectivity index (χ2v) is 7.71. The molecule has 0 unspecified atom stereocenters. The summed E-state index contributed by atoms with van der Waals surface area (Å²) >= 11 is 0. The third-order valence-corrected chi connectivity index (χ3v) is 5.34. The Hall–Kier alpha value is -3.79. The molecule has 1 heterocycles. The summed E-state index contributed by atoms with van der Waals surface area (Å²) in [6.07, 6.45) is 0. The van der Waals surface area contributed by atoms with Crippen LogP contribution in [0.1, 0.15) is 37.4 Å². The largest absolute Gasteiger partial charge is 0.454 e. The fourth-order valence-corrected chi connectivity index (χ4v) is 3.64. The number of hydrogen-bond donors (Lipinski definition) is 0. The van der Waals surface area contributed by atoms with Gasteiger partial charge in [0.1, 0.15) is 0 Å². The van der Waals surface area contributed by atoms with Gasteiger partial charge in [0.15, 0.2) is 12.4 Å². The quantitative estimate of drug-likeness (QED) is 0.306. The van der Waals surface area contributed by atoms with Gasteiger partial charge in [0.25, 0.3) is 0 Å². The van der Waals surface area contributed by atoms with Crippen molar-refractivity contribution in [3.8, 4) is 11.3 Å². The molecule has 0 aliphatic rings. The molecular formula is C27H23NO3. The highest BCUT2D eigenvalue weighted by molar-refractivity contribution is 6.07. The number of ketones is 1. The molecule has 1 aromatic heterocycles. The molecule has 0 spiro atoms. The molecule has 0 saturated heterocycles. The number of hydrogen-bond acceptors (Lipinski definition) is 4. The highest BCUT2D eigenvalue weighted by Crippen LogP contribution is 2.31. The van der Waals surface area contributed by atoms with Gasteiger partial charge >= 0.3 is 5.97 Å². The summed E-state index contributed by atoms with van der Waals surface area (Å²) in [6.45, 7) is 5.56. The first-order valence-electron chi connectivity index (χ1n) is 10.2. The normalized spacial score (nSPS) is 10.8. The van der Waals surface area contributed by atoms with Gasteiger partial charge in [-0.1, -0.05) is 71.8 Å². The first kappa shape index (κ1) is 20.5. The van der Waals surface area contributed by atoms with Crippen LogP contribution in [0.2, 0.25) is 0 Å². The Morgan fingerprint density at radius 3 is 2.23 bits per heavy atom. The molecule has 0 saturated carbocycles. The molecule has 4 rings (SSSR count). The van der Waals surface area contributed by atoms with E-state index in [1.807, 2.05) is 69.3 Å². The summed E-state index contributed by atoms with van der Waals surface area (Å²) < 4.78 is 5.47. The zero-order valence-electron chi connectivity index (χ0n) is 17.8. The van der Waals surface area contributed by atoms with E-state index < -0.39 is 5.97 Å². The van der Waals surface area contributed by atoms with Crippen LogP contribution in [0.5, 0.6) is 0 Å². The van der Waals surface area contributed by atoms with E-state index in [4.69, 9.17) is 9.72 Å². The third-order valence-electron chi connectivity index (χ3n) is 5.34. The average molecular weight is 409 g/mol. The molecule has 4 heteroatoms. The summed E-state index contributed by atoms with van der Waals surface area (Å²) in [5.41, 5.74) is 6.25. The maximum absolute atomic E-state index is 13.2. The number of carbonyl (C=O) groups is 2. The van der Waals surface area contributed by atoms with Crippen LogP contribution >= 0.6 is 0 Å². The van der Waals surface area contributed by atoms with Gasteiger partial charge in [0.2, 0.25) is 0 Å². The Balaban J connectivity index is 1.75. The van der Waals surface area contributed by atoms with E-state index in [9.17, 15) is 9.59 Å². The predicted octanol–water partition coefficient (Wildman–Crippen LogP) is 5.87. The summed E-state index contributed by atoms with van der Waals surface area (Å²) in [6, 6.07) is 22.7. The van der Waals surface area contributed by atoms with Gasteiger partial charge in [-0.2, -0.15) is 0 Å². The van der Waals surface area contributed by atoms with E-state index in [-0.39, 0.29) is 12.4 Å². The van der Waals surface area contributed by atoms with E-state index in [2.05, 4.69) is 0 Å². The second kappa shape index (κ2) is 8.52. The van der Waals surface area contributed by atoms with E-state index >= 15 is 0 Å². The van der Waals surface area contributed by atoms with Crippen molar-refractivity contribution in [2.45, 2.75) is 20.8 Å². The van der Waals surface area contributed by atoms with Gasteiger partial charge in [-0.3, -0.25) is 4.79 Å². The molecular weight excluding hydrogens is 386 g/mol. The van der Waals surface area contributed by atoms with Gasteiger partial charge in [-0.15, -0.1) is 0 Å². The van der Waals surface area contributed by atoms with Crippen molar-refractivity contribution in [2.24, 2.45) is 0 Å². The number of aryl methyl sites for hydroxylation is 2. The number of benzene rings is 3. The van der Waals surface area contributed by atoms with Crippen molar-refractivity contribution >= 4 is 22.7 Å². The molecule has 0 fully saturated rings. The van der Waals surface area contributed by atoms with Crippen LogP contribution in [-0.4, -0.2) is 23.3 Å². The number of Topliss-reactive ketones (excluding diaryl/α,β-unsaturated/α-hetero) is 1. The lowest BCUT2D eigenvalue weighted by Gasteiger charge is -2.15. The maximum atomic E-state index is 13.2. The first-order chi connectivity index (χ1) is 14.9. The van der Waals surface area contributed by atoms with Crippen molar-refractivity contribution < 1.29 is 14.3 Å². The molecule has 0 atom stereocenters. The molecule has 0 amide bonds. The van der Waals surface area contributed by atoms with Crippen LogP contribution in [0.25, 0.3) is 22.2 Å². The van der Waals surface area contributed by atoms with Crippen molar-refractivity contribution in [1.82, 2.24) is 4.98 Å². The number of ether oxygens (including phenoxy) is 1. The molecule has 154 valence electrons. The highest BCUT2D eigenvalue weighted by atomic mass is 16.5. The van der Waals surface area contributed by atoms with Crippen LogP contribution in [-0.2, 0) is 4.74 Å². The molecule has 3 aromatic carbocycles.